The number of nitrogens with zero attached hydrogens (tertiary/aromatic N) is 6. The van der Waals surface area contributed by atoms with E-state index in [9.17, 15) is 0 Å². The molecule has 18 heavy (non-hydrogen) atoms. The van der Waals surface area contributed by atoms with Gasteiger partial charge in [0.2, 0.25) is 0 Å². The Hall–Kier alpha value is -2.16. The molecule has 0 aromatic heterocycles. The second kappa shape index (κ2) is 5.96. The monoisotopic (exact) mass is 244 g/mol. The minimum absolute atomic E-state index is 0.00250. The third kappa shape index (κ3) is 4.01. The first-order valence-corrected chi connectivity index (χ1v) is 5.62. The average molecular weight is 244 g/mol. The zero-order chi connectivity index (χ0) is 13.6. The number of hydrogen-bond donors (Lipinski definition) is 0. The maximum atomic E-state index is 8.36. The molecule has 0 fully saturated rings. The van der Waals surface area contributed by atoms with Crippen LogP contribution in [0, 0.1) is 0 Å². The molecule has 0 heterocycles. The van der Waals surface area contributed by atoms with Gasteiger partial charge in [-0.15, -0.1) is 0 Å². The Kier molecular flexibility index (Phi) is 4.60. The van der Waals surface area contributed by atoms with Gasteiger partial charge in [-0.05, 0) is 33.2 Å². The van der Waals surface area contributed by atoms with E-state index in [0.717, 1.165) is 16.7 Å². The van der Waals surface area contributed by atoms with Crippen LogP contribution in [0.5, 0.6) is 0 Å². The Bertz CT molecular complexity index is 478. The van der Waals surface area contributed by atoms with Gasteiger partial charge in [0.25, 0.3) is 0 Å². The minimum atomic E-state index is -0.00250. The highest BCUT2D eigenvalue weighted by atomic mass is 15.1. The Morgan fingerprint density at radius 1 is 0.944 bits per heavy atom. The third-order valence-corrected chi connectivity index (χ3v) is 2.55. The van der Waals surface area contributed by atoms with E-state index in [1.807, 2.05) is 18.2 Å². The zero-order valence-corrected chi connectivity index (χ0v) is 10.8. The van der Waals surface area contributed by atoms with Crippen LogP contribution in [-0.2, 0) is 18.5 Å². The summed E-state index contributed by atoms with van der Waals surface area (Å²) < 4.78 is 0. The van der Waals surface area contributed by atoms with Crippen molar-refractivity contribution >= 4 is 0 Å². The number of benzene rings is 1. The van der Waals surface area contributed by atoms with Gasteiger partial charge in [-0.3, -0.25) is 0 Å². The third-order valence-electron chi connectivity index (χ3n) is 2.55. The molecule has 0 saturated heterocycles. The summed E-state index contributed by atoms with van der Waals surface area (Å²) in [7, 11) is 0. The van der Waals surface area contributed by atoms with Crippen LogP contribution in [0.4, 0.5) is 0 Å². The SMILES string of the molecule is CC(C)(C)c1cc(CN=[N+]=[N-])cc(CN=[N+]=[N-])c1. The largest absolute Gasteiger partial charge is 0.0893 e. The molecular weight excluding hydrogens is 228 g/mol. The smallest absolute Gasteiger partial charge is 0.0511 e. The summed E-state index contributed by atoms with van der Waals surface area (Å²) in [5.41, 5.74) is 19.7. The van der Waals surface area contributed by atoms with Gasteiger partial charge in [-0.25, -0.2) is 0 Å². The van der Waals surface area contributed by atoms with Gasteiger partial charge in [-0.2, -0.15) is 0 Å². The molecule has 0 aliphatic carbocycles. The van der Waals surface area contributed by atoms with Crippen LogP contribution in [0.25, 0.3) is 20.9 Å². The second-order valence-electron chi connectivity index (χ2n) is 5.07. The molecule has 1 aromatic carbocycles. The van der Waals surface area contributed by atoms with Gasteiger partial charge in [0, 0.05) is 9.82 Å². The molecule has 0 spiro atoms. The molecule has 94 valence electrons. The van der Waals surface area contributed by atoms with E-state index in [1.165, 1.54) is 0 Å². The predicted octanol–water partition coefficient (Wildman–Crippen LogP) is 4.60. The summed E-state index contributed by atoms with van der Waals surface area (Å²) >= 11 is 0. The van der Waals surface area contributed by atoms with Crippen LogP contribution in [0.3, 0.4) is 0 Å². The van der Waals surface area contributed by atoms with E-state index in [2.05, 4.69) is 40.8 Å². The first-order valence-electron chi connectivity index (χ1n) is 5.62. The fourth-order valence-corrected chi connectivity index (χ4v) is 1.60. The number of hydrogen-bond acceptors (Lipinski definition) is 2. The second-order valence-corrected chi connectivity index (χ2v) is 5.07. The summed E-state index contributed by atoms with van der Waals surface area (Å²) in [5, 5.41) is 7.13. The summed E-state index contributed by atoms with van der Waals surface area (Å²) in [6.07, 6.45) is 0. The molecule has 0 bridgehead atoms. The lowest BCUT2D eigenvalue weighted by Gasteiger charge is -2.21. The first-order chi connectivity index (χ1) is 8.47. The minimum Gasteiger partial charge on any atom is -0.0893 e. The predicted molar refractivity (Wildman–Crippen MR) is 70.8 cm³/mol. The first kappa shape index (κ1) is 13.9. The van der Waals surface area contributed by atoms with Gasteiger partial charge >= 0.3 is 0 Å². The van der Waals surface area contributed by atoms with E-state index in [-0.39, 0.29) is 5.41 Å². The molecule has 1 aromatic rings. The molecule has 0 saturated carbocycles. The Balaban J connectivity index is 3.18. The molecule has 0 aliphatic heterocycles. The molecule has 0 atom stereocenters. The molecule has 1 rings (SSSR count). The van der Waals surface area contributed by atoms with Crippen LogP contribution in [0.2, 0.25) is 0 Å². The van der Waals surface area contributed by atoms with Crippen molar-refractivity contribution in [2.24, 2.45) is 10.2 Å². The molecule has 0 radical (unpaired) electrons. The average Bonchev–Trinajstić information content (AvgIpc) is 2.32. The Morgan fingerprint density at radius 3 is 1.72 bits per heavy atom. The number of rotatable bonds is 4. The van der Waals surface area contributed by atoms with Crippen LogP contribution < -0.4 is 0 Å². The van der Waals surface area contributed by atoms with Crippen LogP contribution in [-0.4, -0.2) is 0 Å². The van der Waals surface area contributed by atoms with Crippen molar-refractivity contribution in [3.63, 3.8) is 0 Å². The lowest BCUT2D eigenvalue weighted by molar-refractivity contribution is 0.588. The highest BCUT2D eigenvalue weighted by Crippen LogP contribution is 2.25. The number of azide groups is 2. The molecule has 6 nitrogen and oxygen atoms in total. The summed E-state index contributed by atoms with van der Waals surface area (Å²) in [6, 6.07) is 5.95. The fraction of sp³-hybridized carbons (Fsp3) is 0.500. The fourth-order valence-electron chi connectivity index (χ4n) is 1.60. The molecule has 0 aliphatic rings. The lowest BCUT2D eigenvalue weighted by Crippen LogP contribution is -2.12. The van der Waals surface area contributed by atoms with E-state index >= 15 is 0 Å². The Morgan fingerprint density at radius 2 is 1.39 bits per heavy atom. The summed E-state index contributed by atoms with van der Waals surface area (Å²) in [4.78, 5) is 5.52. The molecule has 0 unspecified atom stereocenters. The quantitative estimate of drug-likeness (QED) is 0.420. The maximum absolute atomic E-state index is 8.36. The van der Waals surface area contributed by atoms with Gasteiger partial charge < -0.3 is 0 Å². The van der Waals surface area contributed by atoms with E-state index in [0.29, 0.717) is 13.1 Å². The van der Waals surface area contributed by atoms with Crippen LogP contribution in [0.1, 0.15) is 37.5 Å². The standard InChI is InChI=1S/C12H16N6/c1-12(2,3)11-5-9(7-15-17-13)4-10(6-11)8-16-18-14/h4-6H,7-8H2,1-3H3. The highest BCUT2D eigenvalue weighted by Gasteiger charge is 2.14. The van der Waals surface area contributed by atoms with Crippen molar-refractivity contribution in [3.05, 3.63) is 55.8 Å². The highest BCUT2D eigenvalue weighted by molar-refractivity contribution is 5.34. The van der Waals surface area contributed by atoms with Crippen molar-refractivity contribution in [3.8, 4) is 0 Å². The van der Waals surface area contributed by atoms with Gasteiger partial charge in [-0.1, -0.05) is 49.2 Å². The van der Waals surface area contributed by atoms with Gasteiger partial charge in [0.1, 0.15) is 0 Å². The van der Waals surface area contributed by atoms with E-state index in [4.69, 9.17) is 11.1 Å². The maximum Gasteiger partial charge on any atom is 0.0511 e. The van der Waals surface area contributed by atoms with Crippen molar-refractivity contribution in [2.75, 3.05) is 0 Å². The Labute approximate surface area is 106 Å². The van der Waals surface area contributed by atoms with Crippen molar-refractivity contribution in [1.82, 2.24) is 0 Å². The molecule has 6 heteroatoms. The van der Waals surface area contributed by atoms with Gasteiger partial charge in [0.05, 0.1) is 13.1 Å². The normalized spacial score (nSPS) is 10.4. The van der Waals surface area contributed by atoms with E-state index in [1.54, 1.807) is 0 Å². The van der Waals surface area contributed by atoms with Crippen LogP contribution >= 0.6 is 0 Å². The van der Waals surface area contributed by atoms with E-state index < -0.39 is 0 Å². The summed E-state index contributed by atoms with van der Waals surface area (Å²) in [6.45, 7) is 6.94. The van der Waals surface area contributed by atoms with Crippen molar-refractivity contribution in [1.29, 1.82) is 0 Å². The summed E-state index contributed by atoms with van der Waals surface area (Å²) in [5.74, 6) is 0. The van der Waals surface area contributed by atoms with Crippen molar-refractivity contribution < 1.29 is 0 Å². The lowest BCUT2D eigenvalue weighted by atomic mass is 9.85. The zero-order valence-electron chi connectivity index (χ0n) is 10.8. The van der Waals surface area contributed by atoms with Crippen LogP contribution in [0.15, 0.2) is 28.4 Å². The molecule has 0 amide bonds. The molecular formula is C12H16N6. The topological polar surface area (TPSA) is 97.5 Å². The van der Waals surface area contributed by atoms with Crippen molar-refractivity contribution in [2.45, 2.75) is 39.3 Å². The van der Waals surface area contributed by atoms with Gasteiger partial charge in [0.15, 0.2) is 0 Å². The molecule has 0 N–H and O–H groups in total.